The molecule has 0 spiro atoms. The van der Waals surface area contributed by atoms with Crippen LogP contribution in [0.3, 0.4) is 0 Å². The van der Waals surface area contributed by atoms with Gasteiger partial charge in [0, 0.05) is 24.7 Å². The van der Waals surface area contributed by atoms with Gasteiger partial charge in [0.2, 0.25) is 0 Å². The van der Waals surface area contributed by atoms with Crippen LogP contribution >= 0.6 is 0 Å². The van der Waals surface area contributed by atoms with Gasteiger partial charge in [0.1, 0.15) is 0 Å². The van der Waals surface area contributed by atoms with Crippen molar-refractivity contribution in [3.8, 4) is 5.75 Å². The fraction of sp³-hybridized carbons (Fsp3) is 0.625. The minimum atomic E-state index is -0.213. The summed E-state index contributed by atoms with van der Waals surface area (Å²) < 4.78 is 19.3. The molecule has 2 fully saturated rings. The van der Waals surface area contributed by atoms with Gasteiger partial charge in [-0.15, -0.1) is 0 Å². The lowest BCUT2D eigenvalue weighted by atomic mass is 10.1. The van der Waals surface area contributed by atoms with Gasteiger partial charge in [0.15, 0.2) is 11.6 Å². The molecule has 110 valence electrons. The maximum atomic E-state index is 14.2. The first kappa shape index (κ1) is 13.8. The first-order valence-electron chi connectivity index (χ1n) is 7.55. The zero-order valence-electron chi connectivity index (χ0n) is 12.1. The summed E-state index contributed by atoms with van der Waals surface area (Å²) in [5, 5.41) is 3.64. The molecule has 1 unspecified atom stereocenters. The van der Waals surface area contributed by atoms with Gasteiger partial charge < -0.3 is 10.1 Å². The average molecular weight is 278 g/mol. The Morgan fingerprint density at radius 1 is 1.40 bits per heavy atom. The van der Waals surface area contributed by atoms with E-state index < -0.39 is 0 Å². The van der Waals surface area contributed by atoms with Gasteiger partial charge in [-0.2, -0.15) is 0 Å². The smallest absolute Gasteiger partial charge is 0.169 e. The zero-order chi connectivity index (χ0) is 13.9. The van der Waals surface area contributed by atoms with Gasteiger partial charge >= 0.3 is 0 Å². The fourth-order valence-corrected chi connectivity index (χ4v) is 3.06. The van der Waals surface area contributed by atoms with Crippen LogP contribution in [0.15, 0.2) is 18.2 Å². The molecular formula is C16H23FN2O. The highest BCUT2D eigenvalue weighted by Gasteiger charge is 2.33. The van der Waals surface area contributed by atoms with Crippen molar-refractivity contribution in [2.45, 2.75) is 31.8 Å². The van der Waals surface area contributed by atoms with Crippen molar-refractivity contribution in [1.29, 1.82) is 0 Å². The fourth-order valence-electron chi connectivity index (χ4n) is 3.06. The van der Waals surface area contributed by atoms with Crippen LogP contribution in [0.2, 0.25) is 0 Å². The molecule has 1 saturated heterocycles. The van der Waals surface area contributed by atoms with Gasteiger partial charge in [0.05, 0.1) is 7.11 Å². The molecule has 1 saturated carbocycles. The largest absolute Gasteiger partial charge is 0.494 e. The van der Waals surface area contributed by atoms with Crippen molar-refractivity contribution in [1.82, 2.24) is 10.2 Å². The van der Waals surface area contributed by atoms with E-state index in [0.29, 0.717) is 18.3 Å². The lowest BCUT2D eigenvalue weighted by Crippen LogP contribution is -2.39. The standard InChI is InChI=1S/C16H23FN2O/c1-20-15-5-2-4-13(16(15)17)10-19-9-3-8-18-14(11-19)12-6-7-12/h2,4-5,12,14,18H,3,6-11H2,1H3. The number of hydrogen-bond acceptors (Lipinski definition) is 3. The van der Waals surface area contributed by atoms with E-state index in [-0.39, 0.29) is 5.82 Å². The summed E-state index contributed by atoms with van der Waals surface area (Å²) >= 11 is 0. The van der Waals surface area contributed by atoms with E-state index in [9.17, 15) is 4.39 Å². The van der Waals surface area contributed by atoms with Crippen LogP contribution in [-0.2, 0) is 6.54 Å². The van der Waals surface area contributed by atoms with E-state index in [1.54, 1.807) is 6.07 Å². The third kappa shape index (κ3) is 3.13. The van der Waals surface area contributed by atoms with Gasteiger partial charge in [-0.1, -0.05) is 12.1 Å². The topological polar surface area (TPSA) is 24.5 Å². The van der Waals surface area contributed by atoms with E-state index in [2.05, 4.69) is 10.2 Å². The van der Waals surface area contributed by atoms with Gasteiger partial charge in [-0.25, -0.2) is 4.39 Å². The zero-order valence-corrected chi connectivity index (χ0v) is 12.1. The number of nitrogens with zero attached hydrogens (tertiary/aromatic N) is 1. The highest BCUT2D eigenvalue weighted by Crippen LogP contribution is 2.33. The summed E-state index contributed by atoms with van der Waals surface area (Å²) in [7, 11) is 1.52. The van der Waals surface area contributed by atoms with E-state index >= 15 is 0 Å². The summed E-state index contributed by atoms with van der Waals surface area (Å²) in [4.78, 5) is 2.38. The van der Waals surface area contributed by atoms with Gasteiger partial charge in [0.25, 0.3) is 0 Å². The average Bonchev–Trinajstić information content (AvgIpc) is 3.27. The molecule has 0 bridgehead atoms. The minimum absolute atomic E-state index is 0.213. The Balaban J connectivity index is 1.69. The van der Waals surface area contributed by atoms with Gasteiger partial charge in [-0.3, -0.25) is 4.90 Å². The molecule has 1 N–H and O–H groups in total. The van der Waals surface area contributed by atoms with Crippen LogP contribution in [-0.4, -0.2) is 37.7 Å². The van der Waals surface area contributed by atoms with Crippen LogP contribution in [0.25, 0.3) is 0 Å². The molecular weight excluding hydrogens is 255 g/mol. The van der Waals surface area contributed by atoms with Crippen molar-refractivity contribution >= 4 is 0 Å². The SMILES string of the molecule is COc1cccc(CN2CCCNC(C3CC3)C2)c1F. The number of halogens is 1. The van der Waals surface area contributed by atoms with Crippen molar-refractivity contribution in [2.75, 3.05) is 26.7 Å². The van der Waals surface area contributed by atoms with Crippen molar-refractivity contribution in [3.63, 3.8) is 0 Å². The summed E-state index contributed by atoms with van der Waals surface area (Å²) in [5.41, 5.74) is 0.737. The van der Waals surface area contributed by atoms with Crippen LogP contribution in [0.4, 0.5) is 4.39 Å². The molecule has 20 heavy (non-hydrogen) atoms. The number of nitrogens with one attached hydrogen (secondary N) is 1. The Hall–Kier alpha value is -1.13. The third-order valence-corrected chi connectivity index (χ3v) is 4.36. The molecule has 0 radical (unpaired) electrons. The van der Waals surface area contributed by atoms with Crippen LogP contribution < -0.4 is 10.1 Å². The Morgan fingerprint density at radius 2 is 2.25 bits per heavy atom. The minimum Gasteiger partial charge on any atom is -0.494 e. The number of methoxy groups -OCH3 is 1. The molecule has 4 heteroatoms. The monoisotopic (exact) mass is 278 g/mol. The Kier molecular flexibility index (Phi) is 4.22. The molecule has 0 amide bonds. The lowest BCUT2D eigenvalue weighted by Gasteiger charge is -2.24. The summed E-state index contributed by atoms with van der Waals surface area (Å²) in [6.07, 6.45) is 3.83. The number of rotatable bonds is 4. The molecule has 3 rings (SSSR count). The van der Waals surface area contributed by atoms with E-state index in [1.165, 1.54) is 20.0 Å². The summed E-state index contributed by atoms with van der Waals surface area (Å²) in [6, 6.07) is 6.00. The van der Waals surface area contributed by atoms with E-state index in [4.69, 9.17) is 4.74 Å². The highest BCUT2D eigenvalue weighted by atomic mass is 19.1. The molecule has 0 aromatic heterocycles. The number of ether oxygens (including phenoxy) is 1. The maximum absolute atomic E-state index is 14.2. The molecule has 1 aliphatic heterocycles. The second-order valence-corrected chi connectivity index (χ2v) is 5.92. The van der Waals surface area contributed by atoms with Gasteiger partial charge in [-0.05, 0) is 44.3 Å². The Bertz CT molecular complexity index is 462. The highest BCUT2D eigenvalue weighted by molar-refractivity contribution is 5.31. The van der Waals surface area contributed by atoms with E-state index in [1.807, 2.05) is 12.1 Å². The van der Waals surface area contributed by atoms with Crippen LogP contribution in [0.1, 0.15) is 24.8 Å². The molecule has 1 heterocycles. The number of benzene rings is 1. The van der Waals surface area contributed by atoms with Crippen LogP contribution in [0, 0.1) is 11.7 Å². The lowest BCUT2D eigenvalue weighted by molar-refractivity contribution is 0.246. The Labute approximate surface area is 120 Å². The molecule has 2 aliphatic rings. The quantitative estimate of drug-likeness (QED) is 0.915. The van der Waals surface area contributed by atoms with E-state index in [0.717, 1.165) is 37.5 Å². The third-order valence-electron chi connectivity index (χ3n) is 4.36. The first-order valence-corrected chi connectivity index (χ1v) is 7.55. The number of hydrogen-bond donors (Lipinski definition) is 1. The second kappa shape index (κ2) is 6.10. The molecule has 3 nitrogen and oxygen atoms in total. The first-order chi connectivity index (χ1) is 9.78. The normalized spacial score (nSPS) is 24.4. The van der Waals surface area contributed by atoms with Crippen molar-refractivity contribution < 1.29 is 9.13 Å². The predicted octanol–water partition coefficient (Wildman–Crippen LogP) is 2.41. The molecule has 1 aromatic carbocycles. The molecule has 1 aliphatic carbocycles. The summed E-state index contributed by atoms with van der Waals surface area (Å²) in [5.74, 6) is 0.968. The molecule has 1 aromatic rings. The molecule has 1 atom stereocenters. The maximum Gasteiger partial charge on any atom is 0.169 e. The Morgan fingerprint density at radius 3 is 3.00 bits per heavy atom. The van der Waals surface area contributed by atoms with Crippen LogP contribution in [0.5, 0.6) is 5.75 Å². The predicted molar refractivity (Wildman–Crippen MR) is 77.4 cm³/mol. The second-order valence-electron chi connectivity index (χ2n) is 5.92. The van der Waals surface area contributed by atoms with Crippen molar-refractivity contribution in [3.05, 3.63) is 29.6 Å². The summed E-state index contributed by atoms with van der Waals surface area (Å²) in [6.45, 7) is 3.82. The van der Waals surface area contributed by atoms with Crippen molar-refractivity contribution in [2.24, 2.45) is 5.92 Å².